The van der Waals surface area contributed by atoms with Crippen LogP contribution in [0.1, 0.15) is 53.8 Å². The molecular formula is C21H28O6. The first kappa shape index (κ1) is 24.3. The highest BCUT2D eigenvalue weighted by Crippen LogP contribution is 2.03. The fraction of sp³-hybridized carbons (Fsp3) is 0.333. The van der Waals surface area contributed by atoms with Crippen molar-refractivity contribution in [3.05, 3.63) is 71.8 Å². The molecule has 0 aliphatic carbocycles. The second-order valence-corrected chi connectivity index (χ2v) is 5.79. The van der Waals surface area contributed by atoms with Crippen molar-refractivity contribution in [1.82, 2.24) is 0 Å². The van der Waals surface area contributed by atoms with Crippen molar-refractivity contribution in [3.63, 3.8) is 0 Å². The first-order valence-electron chi connectivity index (χ1n) is 8.72. The number of benzene rings is 2. The molecule has 27 heavy (non-hydrogen) atoms. The highest BCUT2D eigenvalue weighted by Gasteiger charge is 2.08. The van der Waals surface area contributed by atoms with Gasteiger partial charge in [-0.05, 0) is 37.6 Å². The highest BCUT2D eigenvalue weighted by molar-refractivity contribution is 5.87. The van der Waals surface area contributed by atoms with Crippen LogP contribution in [0.15, 0.2) is 60.7 Å². The molecule has 2 atom stereocenters. The van der Waals surface area contributed by atoms with E-state index in [0.717, 1.165) is 12.8 Å². The summed E-state index contributed by atoms with van der Waals surface area (Å²) < 4.78 is 0. The minimum absolute atomic E-state index is 0.331. The SMILES string of the molecule is CCCCC(O)C(C)O.O=C(O)c1ccccc1.O=C(O)c1ccccc1. The molecule has 0 aliphatic rings. The maximum absolute atomic E-state index is 10.2. The van der Waals surface area contributed by atoms with Crippen molar-refractivity contribution >= 4 is 11.9 Å². The summed E-state index contributed by atoms with van der Waals surface area (Å²) in [4.78, 5) is 20.4. The van der Waals surface area contributed by atoms with Gasteiger partial charge in [0.05, 0.1) is 23.3 Å². The van der Waals surface area contributed by atoms with Crippen LogP contribution in [0.25, 0.3) is 0 Å². The molecular weight excluding hydrogens is 348 g/mol. The summed E-state index contributed by atoms with van der Waals surface area (Å²) in [7, 11) is 0. The van der Waals surface area contributed by atoms with Gasteiger partial charge in [0.2, 0.25) is 0 Å². The summed E-state index contributed by atoms with van der Waals surface area (Å²) in [5.74, 6) is -1.76. The van der Waals surface area contributed by atoms with E-state index in [2.05, 4.69) is 6.92 Å². The number of carboxylic acids is 2. The van der Waals surface area contributed by atoms with Crippen molar-refractivity contribution in [2.45, 2.75) is 45.3 Å². The molecule has 0 saturated heterocycles. The quantitative estimate of drug-likeness (QED) is 0.611. The molecule has 4 N–H and O–H groups in total. The lowest BCUT2D eigenvalue weighted by Gasteiger charge is -2.11. The number of hydrogen-bond acceptors (Lipinski definition) is 4. The molecule has 0 aliphatic heterocycles. The third-order valence-corrected chi connectivity index (χ3v) is 3.45. The van der Waals surface area contributed by atoms with E-state index in [9.17, 15) is 9.59 Å². The highest BCUT2D eigenvalue weighted by atomic mass is 16.4. The molecule has 2 unspecified atom stereocenters. The second kappa shape index (κ2) is 14.5. The Hall–Kier alpha value is -2.70. The van der Waals surface area contributed by atoms with Crippen LogP contribution in [-0.2, 0) is 0 Å². The normalized spacial score (nSPS) is 11.7. The monoisotopic (exact) mass is 376 g/mol. The molecule has 2 rings (SSSR count). The van der Waals surface area contributed by atoms with Gasteiger partial charge >= 0.3 is 11.9 Å². The van der Waals surface area contributed by atoms with E-state index in [1.54, 1.807) is 67.6 Å². The van der Waals surface area contributed by atoms with E-state index in [1.807, 2.05) is 0 Å². The number of aliphatic hydroxyl groups is 2. The maximum Gasteiger partial charge on any atom is 0.335 e. The Morgan fingerprint density at radius 1 is 0.815 bits per heavy atom. The third kappa shape index (κ3) is 12.3. The van der Waals surface area contributed by atoms with Crippen molar-refractivity contribution in [2.75, 3.05) is 0 Å². The van der Waals surface area contributed by atoms with Crippen molar-refractivity contribution in [2.24, 2.45) is 0 Å². The van der Waals surface area contributed by atoms with Crippen molar-refractivity contribution in [1.29, 1.82) is 0 Å². The Bertz CT molecular complexity index is 591. The molecule has 2 aromatic carbocycles. The number of rotatable bonds is 6. The van der Waals surface area contributed by atoms with Crippen molar-refractivity contribution < 1.29 is 30.0 Å². The number of hydrogen-bond donors (Lipinski definition) is 4. The van der Waals surface area contributed by atoms with Gasteiger partial charge in [0, 0.05) is 0 Å². The number of carboxylic acid groups (broad SMARTS) is 2. The zero-order valence-corrected chi connectivity index (χ0v) is 15.7. The van der Waals surface area contributed by atoms with Crippen LogP contribution in [0.2, 0.25) is 0 Å². The Kier molecular flexibility index (Phi) is 13.0. The third-order valence-electron chi connectivity index (χ3n) is 3.45. The second-order valence-electron chi connectivity index (χ2n) is 5.79. The van der Waals surface area contributed by atoms with Crippen LogP contribution >= 0.6 is 0 Å². The van der Waals surface area contributed by atoms with Gasteiger partial charge in [-0.1, -0.05) is 56.2 Å². The van der Waals surface area contributed by atoms with Crippen LogP contribution in [-0.4, -0.2) is 44.6 Å². The molecule has 2 aromatic rings. The molecule has 6 nitrogen and oxygen atoms in total. The lowest BCUT2D eigenvalue weighted by atomic mass is 10.1. The molecule has 6 heteroatoms. The molecule has 0 amide bonds. The predicted molar refractivity (Wildman–Crippen MR) is 104 cm³/mol. The van der Waals surface area contributed by atoms with Crippen molar-refractivity contribution in [3.8, 4) is 0 Å². The first-order valence-corrected chi connectivity index (χ1v) is 8.72. The minimum atomic E-state index is -0.879. The Balaban J connectivity index is 0.000000376. The van der Waals surface area contributed by atoms with Gasteiger partial charge in [-0.25, -0.2) is 9.59 Å². The lowest BCUT2D eigenvalue weighted by Crippen LogP contribution is -2.21. The van der Waals surface area contributed by atoms with Crippen LogP contribution < -0.4 is 0 Å². The fourth-order valence-corrected chi connectivity index (χ4v) is 1.82. The molecule has 0 bridgehead atoms. The average molecular weight is 376 g/mol. The van der Waals surface area contributed by atoms with Gasteiger partial charge in [0.15, 0.2) is 0 Å². The number of unbranched alkanes of at least 4 members (excludes halogenated alkanes) is 1. The molecule has 0 saturated carbocycles. The molecule has 0 spiro atoms. The standard InChI is InChI=1S/2C7H6O2.C7H16O2/c2*8-7(9)6-4-2-1-3-5-6;1-3-4-5-7(9)6(2)8/h2*1-5H,(H,8,9);6-9H,3-5H2,1-2H3. The zero-order valence-electron chi connectivity index (χ0n) is 15.7. The van der Waals surface area contributed by atoms with Crippen LogP contribution in [0.3, 0.4) is 0 Å². The van der Waals surface area contributed by atoms with Gasteiger partial charge in [0.25, 0.3) is 0 Å². The van der Waals surface area contributed by atoms with E-state index >= 15 is 0 Å². The molecule has 0 radical (unpaired) electrons. The minimum Gasteiger partial charge on any atom is -0.478 e. The zero-order chi connectivity index (χ0) is 20.7. The molecule has 0 fully saturated rings. The van der Waals surface area contributed by atoms with Crippen LogP contribution in [0.4, 0.5) is 0 Å². The summed E-state index contributed by atoms with van der Waals surface area (Å²) in [6, 6.07) is 16.6. The summed E-state index contributed by atoms with van der Waals surface area (Å²) in [6.45, 7) is 3.68. The number of aromatic carboxylic acids is 2. The lowest BCUT2D eigenvalue weighted by molar-refractivity contribution is 0.0250. The fourth-order valence-electron chi connectivity index (χ4n) is 1.82. The summed E-state index contributed by atoms with van der Waals surface area (Å²) in [5, 5.41) is 34.6. The smallest absolute Gasteiger partial charge is 0.335 e. The molecule has 148 valence electrons. The van der Waals surface area contributed by atoms with E-state index in [0.29, 0.717) is 17.5 Å². The number of aliphatic hydroxyl groups excluding tert-OH is 2. The Labute approximate surface area is 159 Å². The Morgan fingerprint density at radius 3 is 1.41 bits per heavy atom. The average Bonchev–Trinajstić information content (AvgIpc) is 2.68. The van der Waals surface area contributed by atoms with Gasteiger partial charge in [0.1, 0.15) is 0 Å². The van der Waals surface area contributed by atoms with E-state index < -0.39 is 24.1 Å². The number of carbonyl (C=O) groups is 2. The Morgan fingerprint density at radius 2 is 1.19 bits per heavy atom. The first-order chi connectivity index (χ1) is 12.8. The van der Waals surface area contributed by atoms with Gasteiger partial charge in [-0.3, -0.25) is 0 Å². The van der Waals surface area contributed by atoms with Gasteiger partial charge in [-0.15, -0.1) is 0 Å². The molecule has 0 heterocycles. The summed E-state index contributed by atoms with van der Waals surface area (Å²) >= 11 is 0. The van der Waals surface area contributed by atoms with Gasteiger partial charge < -0.3 is 20.4 Å². The molecule has 0 aromatic heterocycles. The van der Waals surface area contributed by atoms with E-state index in [4.69, 9.17) is 20.4 Å². The topological polar surface area (TPSA) is 115 Å². The van der Waals surface area contributed by atoms with Gasteiger partial charge in [-0.2, -0.15) is 0 Å². The summed E-state index contributed by atoms with van der Waals surface area (Å²) in [5.41, 5.74) is 0.662. The summed E-state index contributed by atoms with van der Waals surface area (Å²) in [6.07, 6.45) is 1.69. The van der Waals surface area contributed by atoms with Crippen LogP contribution in [0.5, 0.6) is 0 Å². The largest absolute Gasteiger partial charge is 0.478 e. The maximum atomic E-state index is 10.2. The van der Waals surface area contributed by atoms with E-state index in [1.165, 1.54) is 0 Å². The predicted octanol–water partition coefficient (Wildman–Crippen LogP) is 3.69. The van der Waals surface area contributed by atoms with Crippen LogP contribution in [0, 0.1) is 0 Å². The van der Waals surface area contributed by atoms with E-state index in [-0.39, 0.29) is 0 Å².